The van der Waals surface area contributed by atoms with Crippen LogP contribution < -0.4 is 5.56 Å². The van der Waals surface area contributed by atoms with E-state index < -0.39 is 6.10 Å². The number of nitrogens with one attached hydrogen (secondary N) is 1. The molecule has 4 rings (SSSR count). The van der Waals surface area contributed by atoms with Crippen LogP contribution in [0.2, 0.25) is 0 Å². The lowest BCUT2D eigenvalue weighted by Crippen LogP contribution is -2.26. The molecule has 1 aromatic carbocycles. The Hall–Kier alpha value is -2.02. The molecule has 2 aromatic heterocycles. The molecule has 6 heteroatoms. The minimum atomic E-state index is -0.563. The van der Waals surface area contributed by atoms with Crippen LogP contribution in [0.3, 0.4) is 0 Å². The van der Waals surface area contributed by atoms with Gasteiger partial charge < -0.3 is 10.1 Å². The lowest BCUT2D eigenvalue weighted by molar-refractivity contribution is 0.122. The van der Waals surface area contributed by atoms with Gasteiger partial charge in [-0.25, -0.2) is 4.98 Å². The Morgan fingerprint density at radius 1 is 1.32 bits per heavy atom. The topological polar surface area (TPSA) is 69.2 Å². The van der Waals surface area contributed by atoms with E-state index in [-0.39, 0.29) is 5.56 Å². The Morgan fingerprint density at radius 3 is 2.92 bits per heavy atom. The second kappa shape index (κ2) is 6.71. The van der Waals surface area contributed by atoms with Gasteiger partial charge >= 0.3 is 0 Å². The van der Waals surface area contributed by atoms with Gasteiger partial charge in [0.05, 0.1) is 18.0 Å². The molecular weight excluding hydrogens is 334 g/mol. The number of aromatic amines is 1. The molecule has 1 aliphatic carbocycles. The highest BCUT2D eigenvalue weighted by Gasteiger charge is 2.21. The molecule has 0 radical (unpaired) electrons. The molecule has 1 aliphatic rings. The van der Waals surface area contributed by atoms with Crippen LogP contribution in [-0.4, -0.2) is 33.6 Å². The summed E-state index contributed by atoms with van der Waals surface area (Å²) in [5.74, 6) is 0.653. The molecule has 0 aliphatic heterocycles. The van der Waals surface area contributed by atoms with E-state index in [1.54, 1.807) is 11.3 Å². The summed E-state index contributed by atoms with van der Waals surface area (Å²) < 4.78 is 0. The molecular formula is C19H21N3O2S. The Balaban J connectivity index is 1.51. The minimum Gasteiger partial charge on any atom is -0.387 e. The largest absolute Gasteiger partial charge is 0.387 e. The van der Waals surface area contributed by atoms with Gasteiger partial charge in [-0.2, -0.15) is 0 Å². The van der Waals surface area contributed by atoms with E-state index in [9.17, 15) is 9.90 Å². The quantitative estimate of drug-likeness (QED) is 0.738. The fourth-order valence-electron chi connectivity index (χ4n) is 3.52. The zero-order chi connectivity index (χ0) is 17.4. The Morgan fingerprint density at radius 2 is 2.12 bits per heavy atom. The molecule has 0 fully saturated rings. The zero-order valence-corrected chi connectivity index (χ0v) is 15.0. The molecule has 0 saturated heterocycles. The van der Waals surface area contributed by atoms with Crippen LogP contribution in [0.5, 0.6) is 0 Å². The summed E-state index contributed by atoms with van der Waals surface area (Å²) in [4.78, 5) is 24.2. The van der Waals surface area contributed by atoms with Crippen molar-refractivity contribution >= 4 is 21.6 Å². The summed E-state index contributed by atoms with van der Waals surface area (Å²) in [6, 6.07) is 9.60. The fourth-order valence-corrected chi connectivity index (χ4v) is 4.80. The first-order valence-corrected chi connectivity index (χ1v) is 9.38. The fraction of sp³-hybridized carbons (Fsp3) is 0.368. The maximum Gasteiger partial charge on any atom is 0.259 e. The number of aryl methyl sites for hydroxylation is 2. The van der Waals surface area contributed by atoms with Gasteiger partial charge in [0, 0.05) is 11.4 Å². The monoisotopic (exact) mass is 355 g/mol. The Bertz CT molecular complexity index is 948. The second-order valence-corrected chi connectivity index (χ2v) is 7.76. The lowest BCUT2D eigenvalue weighted by atomic mass is 10.1. The highest BCUT2D eigenvalue weighted by Crippen LogP contribution is 2.34. The zero-order valence-electron chi connectivity index (χ0n) is 14.2. The molecule has 2 N–H and O–H groups in total. The number of likely N-dealkylation sites (N-methyl/N-ethyl adjacent to an activating group) is 1. The number of hydrogen-bond acceptors (Lipinski definition) is 5. The number of H-pyrrole nitrogens is 1. The number of aromatic nitrogens is 2. The number of aliphatic hydroxyl groups is 1. The Labute approximate surface area is 150 Å². The van der Waals surface area contributed by atoms with Crippen LogP contribution in [0.4, 0.5) is 0 Å². The minimum absolute atomic E-state index is 0.0311. The number of hydrogen-bond donors (Lipinski definition) is 2. The number of nitrogens with zero attached hydrogens (tertiary/aromatic N) is 2. The second-order valence-electron chi connectivity index (χ2n) is 6.67. The van der Waals surface area contributed by atoms with Crippen LogP contribution in [0, 0.1) is 0 Å². The van der Waals surface area contributed by atoms with Crippen molar-refractivity contribution in [1.82, 2.24) is 14.9 Å². The van der Waals surface area contributed by atoms with Gasteiger partial charge in [0.25, 0.3) is 5.56 Å². The van der Waals surface area contributed by atoms with Crippen molar-refractivity contribution in [1.29, 1.82) is 0 Å². The first kappa shape index (κ1) is 16.4. The van der Waals surface area contributed by atoms with Gasteiger partial charge in [-0.15, -0.1) is 11.3 Å². The smallest absolute Gasteiger partial charge is 0.259 e. The molecule has 25 heavy (non-hydrogen) atoms. The van der Waals surface area contributed by atoms with Crippen LogP contribution in [0.25, 0.3) is 10.2 Å². The first-order valence-electron chi connectivity index (χ1n) is 8.57. The molecule has 3 aromatic rings. The highest BCUT2D eigenvalue weighted by atomic mass is 32.1. The number of rotatable bonds is 5. The van der Waals surface area contributed by atoms with Crippen molar-refractivity contribution in [2.75, 3.05) is 13.6 Å². The molecule has 0 spiro atoms. The molecule has 1 atom stereocenters. The van der Waals surface area contributed by atoms with Crippen LogP contribution in [0.15, 0.2) is 35.1 Å². The van der Waals surface area contributed by atoms with Gasteiger partial charge in [0.15, 0.2) is 0 Å². The van der Waals surface area contributed by atoms with Gasteiger partial charge in [0.1, 0.15) is 10.7 Å². The van der Waals surface area contributed by atoms with Crippen LogP contribution in [0.1, 0.15) is 34.4 Å². The summed E-state index contributed by atoms with van der Waals surface area (Å²) in [5, 5.41) is 11.1. The molecule has 130 valence electrons. The number of aliphatic hydroxyl groups excluding tert-OH is 1. The number of thiophene rings is 1. The Kier molecular flexibility index (Phi) is 4.41. The summed E-state index contributed by atoms with van der Waals surface area (Å²) in [7, 11) is 1.92. The summed E-state index contributed by atoms with van der Waals surface area (Å²) in [6.45, 7) is 0.977. The maximum absolute atomic E-state index is 12.5. The molecule has 0 saturated carbocycles. The maximum atomic E-state index is 12.5. The predicted octanol–water partition coefficient (Wildman–Crippen LogP) is 2.64. The third kappa shape index (κ3) is 3.25. The highest BCUT2D eigenvalue weighted by molar-refractivity contribution is 7.18. The third-order valence-electron chi connectivity index (χ3n) is 4.71. The molecule has 5 nitrogen and oxygen atoms in total. The van der Waals surface area contributed by atoms with E-state index in [2.05, 4.69) is 9.97 Å². The van der Waals surface area contributed by atoms with E-state index in [1.165, 1.54) is 10.4 Å². The standard InChI is InChI=1S/C19H21N3O2S/c1-22(10-14(23)12-6-3-2-4-7-12)11-16-20-18(24)17-13-8-5-9-15(13)25-19(17)21-16/h2-4,6-7,14,23H,5,8-11H2,1H3,(H,20,21,24). The molecule has 2 heterocycles. The van der Waals surface area contributed by atoms with Gasteiger partial charge in [-0.05, 0) is 37.4 Å². The molecule has 0 bridgehead atoms. The van der Waals surface area contributed by atoms with E-state index >= 15 is 0 Å². The van der Waals surface area contributed by atoms with Crippen LogP contribution in [-0.2, 0) is 19.4 Å². The van der Waals surface area contributed by atoms with Gasteiger partial charge in [0.2, 0.25) is 0 Å². The average molecular weight is 355 g/mol. The first-order chi connectivity index (χ1) is 12.1. The number of benzene rings is 1. The predicted molar refractivity (Wildman–Crippen MR) is 100 cm³/mol. The van der Waals surface area contributed by atoms with Crippen molar-refractivity contribution in [3.63, 3.8) is 0 Å². The summed E-state index contributed by atoms with van der Waals surface area (Å²) in [6.07, 6.45) is 2.63. The van der Waals surface area contributed by atoms with Crippen molar-refractivity contribution in [2.45, 2.75) is 31.9 Å². The van der Waals surface area contributed by atoms with E-state index in [4.69, 9.17) is 0 Å². The SMILES string of the molecule is CN(Cc1nc2sc3c(c2c(=O)[nH]1)CCC3)CC(O)c1ccccc1. The van der Waals surface area contributed by atoms with Crippen molar-refractivity contribution in [3.05, 3.63) is 62.5 Å². The van der Waals surface area contributed by atoms with Crippen molar-refractivity contribution < 1.29 is 5.11 Å². The molecule has 0 amide bonds. The number of fused-ring (bicyclic) bond motifs is 3. The van der Waals surface area contributed by atoms with Crippen LogP contribution >= 0.6 is 11.3 Å². The summed E-state index contributed by atoms with van der Waals surface area (Å²) >= 11 is 1.65. The third-order valence-corrected chi connectivity index (χ3v) is 5.90. The van der Waals surface area contributed by atoms with E-state index in [0.29, 0.717) is 18.9 Å². The summed E-state index contributed by atoms with van der Waals surface area (Å²) in [5.41, 5.74) is 2.06. The lowest BCUT2D eigenvalue weighted by Gasteiger charge is -2.20. The van der Waals surface area contributed by atoms with Crippen molar-refractivity contribution in [2.24, 2.45) is 0 Å². The van der Waals surface area contributed by atoms with E-state index in [0.717, 1.165) is 35.0 Å². The van der Waals surface area contributed by atoms with Crippen molar-refractivity contribution in [3.8, 4) is 0 Å². The van der Waals surface area contributed by atoms with Gasteiger partial charge in [-0.1, -0.05) is 30.3 Å². The average Bonchev–Trinajstić information content (AvgIpc) is 3.15. The molecule has 1 unspecified atom stereocenters. The normalized spacial score (nSPS) is 15.0. The van der Waals surface area contributed by atoms with Gasteiger partial charge in [-0.3, -0.25) is 9.69 Å². The van der Waals surface area contributed by atoms with E-state index in [1.807, 2.05) is 42.3 Å².